The molecule has 1 aliphatic heterocycles. The summed E-state index contributed by atoms with van der Waals surface area (Å²) >= 11 is 3.49. The molecule has 0 spiro atoms. The highest BCUT2D eigenvalue weighted by Crippen LogP contribution is 2.34. The number of ether oxygens (including phenoxy) is 2. The maximum atomic E-state index is 12.6. The first-order valence-corrected chi connectivity index (χ1v) is 7.47. The number of fused-ring (bicyclic) bond motifs is 1. The maximum absolute atomic E-state index is 12.6. The molecule has 0 aliphatic carbocycles. The van der Waals surface area contributed by atoms with Gasteiger partial charge in [-0.2, -0.15) is 5.10 Å². The van der Waals surface area contributed by atoms with E-state index in [9.17, 15) is 4.79 Å². The Kier molecular flexibility index (Phi) is 3.71. The summed E-state index contributed by atoms with van der Waals surface area (Å²) in [6.45, 7) is 2.88. The van der Waals surface area contributed by atoms with Gasteiger partial charge in [0, 0.05) is 7.05 Å². The maximum Gasteiger partial charge on any atom is 0.172 e. The number of ketones is 1. The van der Waals surface area contributed by atoms with Crippen molar-refractivity contribution in [3.05, 3.63) is 39.6 Å². The number of carbonyl (C=O) groups excluding carboxylic acids is 1. The fourth-order valence-corrected chi connectivity index (χ4v) is 2.89. The summed E-state index contributed by atoms with van der Waals surface area (Å²) < 4.78 is 13.7. The number of nitrogens with zero attached hydrogens (tertiary/aromatic N) is 2. The van der Waals surface area contributed by atoms with E-state index < -0.39 is 0 Å². The van der Waals surface area contributed by atoms with Crippen LogP contribution in [-0.4, -0.2) is 28.8 Å². The van der Waals surface area contributed by atoms with Gasteiger partial charge in [0.25, 0.3) is 0 Å². The van der Waals surface area contributed by atoms with E-state index >= 15 is 0 Å². The largest absolute Gasteiger partial charge is 0.486 e. The Bertz CT molecular complexity index is 709. The molecule has 0 radical (unpaired) electrons. The van der Waals surface area contributed by atoms with Crippen molar-refractivity contribution in [3.63, 3.8) is 0 Å². The van der Waals surface area contributed by atoms with Crippen LogP contribution in [0.25, 0.3) is 0 Å². The number of benzene rings is 1. The van der Waals surface area contributed by atoms with Gasteiger partial charge in [0.2, 0.25) is 0 Å². The Morgan fingerprint density at radius 3 is 2.86 bits per heavy atom. The first kappa shape index (κ1) is 14.1. The van der Waals surface area contributed by atoms with Crippen LogP contribution in [0, 0.1) is 6.92 Å². The first-order valence-electron chi connectivity index (χ1n) is 6.67. The molecule has 1 aromatic carbocycles. The topological polar surface area (TPSA) is 53.4 Å². The van der Waals surface area contributed by atoms with Crippen molar-refractivity contribution in [2.75, 3.05) is 13.2 Å². The zero-order valence-electron chi connectivity index (χ0n) is 11.9. The lowest BCUT2D eigenvalue weighted by Crippen LogP contribution is -2.18. The average molecular weight is 351 g/mol. The number of Topliss-reactive ketones (excluding diaryl/α,β-unsaturated/α-hetero) is 1. The van der Waals surface area contributed by atoms with Crippen molar-refractivity contribution in [2.24, 2.45) is 7.05 Å². The van der Waals surface area contributed by atoms with Crippen LogP contribution < -0.4 is 9.47 Å². The summed E-state index contributed by atoms with van der Waals surface area (Å²) in [4.78, 5) is 12.6. The minimum atomic E-state index is -0.0129. The van der Waals surface area contributed by atoms with Gasteiger partial charge in [0.15, 0.2) is 17.3 Å². The van der Waals surface area contributed by atoms with Crippen LogP contribution in [0.3, 0.4) is 0 Å². The van der Waals surface area contributed by atoms with Gasteiger partial charge >= 0.3 is 0 Å². The normalized spacial score (nSPS) is 13.3. The average Bonchev–Trinajstić information content (AvgIpc) is 2.73. The predicted molar refractivity (Wildman–Crippen MR) is 81.1 cm³/mol. The highest BCUT2D eigenvalue weighted by atomic mass is 79.9. The van der Waals surface area contributed by atoms with Crippen LogP contribution in [0.4, 0.5) is 0 Å². The quantitative estimate of drug-likeness (QED) is 0.798. The number of para-hydroxylation sites is 1. The Morgan fingerprint density at radius 1 is 1.38 bits per heavy atom. The fraction of sp³-hybridized carbons (Fsp3) is 0.333. The third-order valence-corrected chi connectivity index (χ3v) is 4.49. The van der Waals surface area contributed by atoms with E-state index in [1.165, 1.54) is 0 Å². The Balaban J connectivity index is 1.93. The molecule has 3 rings (SSSR count). The Hall–Kier alpha value is -1.82. The van der Waals surface area contributed by atoms with Gasteiger partial charge in [-0.1, -0.05) is 6.07 Å². The van der Waals surface area contributed by atoms with E-state index in [-0.39, 0.29) is 12.2 Å². The number of aryl methyl sites for hydroxylation is 2. The molecule has 6 heteroatoms. The summed E-state index contributed by atoms with van der Waals surface area (Å²) in [7, 11) is 1.83. The third-order valence-electron chi connectivity index (χ3n) is 3.46. The smallest absolute Gasteiger partial charge is 0.172 e. The number of hydrogen-bond donors (Lipinski definition) is 0. The first-order chi connectivity index (χ1) is 10.1. The molecule has 110 valence electrons. The van der Waals surface area contributed by atoms with E-state index in [1.807, 2.05) is 26.1 Å². The lowest BCUT2D eigenvalue weighted by Gasteiger charge is -2.20. The summed E-state index contributed by atoms with van der Waals surface area (Å²) in [5.74, 6) is 1.16. The van der Waals surface area contributed by atoms with Crippen molar-refractivity contribution >= 4 is 21.7 Å². The molecular formula is C15H15BrN2O3. The second kappa shape index (κ2) is 5.52. The van der Waals surface area contributed by atoms with Crippen LogP contribution in [0.5, 0.6) is 11.5 Å². The van der Waals surface area contributed by atoms with Crippen LogP contribution in [0.1, 0.15) is 21.7 Å². The molecule has 1 aliphatic rings. The molecule has 0 atom stereocenters. The van der Waals surface area contributed by atoms with Gasteiger partial charge in [-0.05, 0) is 35.0 Å². The van der Waals surface area contributed by atoms with Crippen LogP contribution in [0.2, 0.25) is 0 Å². The molecule has 5 nitrogen and oxygen atoms in total. The standard InChI is InChI=1S/C15H15BrN2O3/c1-9-14(16)11(18(2)17-9)8-12(19)10-4-3-5-13-15(10)21-7-6-20-13/h3-5H,6-8H2,1-2H3. The zero-order valence-corrected chi connectivity index (χ0v) is 13.4. The molecule has 2 aromatic rings. The van der Waals surface area contributed by atoms with Crippen molar-refractivity contribution in [3.8, 4) is 11.5 Å². The van der Waals surface area contributed by atoms with E-state index in [4.69, 9.17) is 9.47 Å². The second-order valence-corrected chi connectivity index (χ2v) is 5.69. The van der Waals surface area contributed by atoms with Crippen LogP contribution in [-0.2, 0) is 13.5 Å². The molecule has 0 saturated carbocycles. The molecule has 0 saturated heterocycles. The minimum Gasteiger partial charge on any atom is -0.486 e. The number of rotatable bonds is 3. The molecule has 2 heterocycles. The Morgan fingerprint density at radius 2 is 2.14 bits per heavy atom. The number of hydrogen-bond acceptors (Lipinski definition) is 4. The highest BCUT2D eigenvalue weighted by Gasteiger charge is 2.22. The fourth-order valence-electron chi connectivity index (χ4n) is 2.41. The second-order valence-electron chi connectivity index (χ2n) is 4.90. The Labute approximate surface area is 131 Å². The molecular weight excluding hydrogens is 336 g/mol. The van der Waals surface area contributed by atoms with Crippen LogP contribution >= 0.6 is 15.9 Å². The summed E-state index contributed by atoms with van der Waals surface area (Å²) in [5.41, 5.74) is 2.28. The van der Waals surface area contributed by atoms with Crippen molar-refractivity contribution < 1.29 is 14.3 Å². The van der Waals surface area contributed by atoms with E-state index in [2.05, 4.69) is 21.0 Å². The molecule has 0 amide bonds. The van der Waals surface area contributed by atoms with Crippen molar-refractivity contribution in [2.45, 2.75) is 13.3 Å². The van der Waals surface area contributed by atoms with E-state index in [0.29, 0.717) is 30.3 Å². The van der Waals surface area contributed by atoms with Crippen molar-refractivity contribution in [1.82, 2.24) is 9.78 Å². The SMILES string of the molecule is Cc1nn(C)c(CC(=O)c2cccc3c2OCCO3)c1Br. The lowest BCUT2D eigenvalue weighted by molar-refractivity contribution is 0.0979. The number of carbonyl (C=O) groups is 1. The van der Waals surface area contributed by atoms with E-state index in [0.717, 1.165) is 15.9 Å². The molecule has 0 bridgehead atoms. The minimum absolute atomic E-state index is 0.0129. The molecule has 0 N–H and O–H groups in total. The van der Waals surface area contributed by atoms with Gasteiger partial charge in [-0.3, -0.25) is 9.48 Å². The molecule has 0 fully saturated rings. The monoisotopic (exact) mass is 350 g/mol. The van der Waals surface area contributed by atoms with Crippen LogP contribution in [0.15, 0.2) is 22.7 Å². The number of aromatic nitrogens is 2. The van der Waals surface area contributed by atoms with Gasteiger partial charge in [0.05, 0.1) is 27.8 Å². The van der Waals surface area contributed by atoms with Gasteiger partial charge in [0.1, 0.15) is 13.2 Å². The summed E-state index contributed by atoms with van der Waals surface area (Å²) in [6.07, 6.45) is 0.262. The lowest BCUT2D eigenvalue weighted by atomic mass is 10.0. The van der Waals surface area contributed by atoms with Crippen molar-refractivity contribution in [1.29, 1.82) is 0 Å². The molecule has 1 aromatic heterocycles. The summed E-state index contributed by atoms with van der Waals surface area (Å²) in [6, 6.07) is 5.40. The van der Waals surface area contributed by atoms with Gasteiger partial charge in [-0.15, -0.1) is 0 Å². The third kappa shape index (κ3) is 2.55. The highest BCUT2D eigenvalue weighted by molar-refractivity contribution is 9.10. The predicted octanol–water partition coefficient (Wildman–Crippen LogP) is 2.69. The van der Waals surface area contributed by atoms with Gasteiger partial charge in [-0.25, -0.2) is 0 Å². The van der Waals surface area contributed by atoms with Gasteiger partial charge < -0.3 is 9.47 Å². The number of halogens is 1. The zero-order chi connectivity index (χ0) is 15.0. The van der Waals surface area contributed by atoms with E-state index in [1.54, 1.807) is 10.7 Å². The molecule has 21 heavy (non-hydrogen) atoms. The summed E-state index contributed by atoms with van der Waals surface area (Å²) in [5, 5.41) is 4.31. The molecule has 0 unspecified atom stereocenters.